The maximum absolute atomic E-state index is 8.79. The quantitative estimate of drug-likeness (QED) is 0.668. The minimum atomic E-state index is 0.253. The maximum atomic E-state index is 8.79. The average Bonchev–Trinajstić information content (AvgIpc) is 3.07. The van der Waals surface area contributed by atoms with Crippen molar-refractivity contribution in [3.05, 3.63) is 5.82 Å². The Labute approximate surface area is 113 Å². The SMILES string of the molecule is OCCCCc1nc(N2CCCC3CNCC32)n[nH]1. The zero-order valence-corrected chi connectivity index (χ0v) is 11.3. The minimum absolute atomic E-state index is 0.253. The molecule has 106 valence electrons. The molecule has 0 aromatic carbocycles. The molecule has 0 amide bonds. The van der Waals surface area contributed by atoms with E-state index in [-0.39, 0.29) is 6.61 Å². The number of aryl methyl sites for hydroxylation is 1. The van der Waals surface area contributed by atoms with Crippen LogP contribution in [0.5, 0.6) is 0 Å². The van der Waals surface area contributed by atoms with Crippen LogP contribution in [0.2, 0.25) is 0 Å². The molecular weight excluding hydrogens is 242 g/mol. The number of nitrogens with one attached hydrogen (secondary N) is 2. The van der Waals surface area contributed by atoms with Gasteiger partial charge in [-0.05, 0) is 31.6 Å². The van der Waals surface area contributed by atoms with Gasteiger partial charge >= 0.3 is 0 Å². The zero-order chi connectivity index (χ0) is 13.1. The lowest BCUT2D eigenvalue weighted by Crippen LogP contribution is -2.45. The third-order valence-electron chi connectivity index (χ3n) is 4.28. The fourth-order valence-electron chi connectivity index (χ4n) is 3.25. The van der Waals surface area contributed by atoms with Crippen LogP contribution < -0.4 is 10.2 Å². The lowest BCUT2D eigenvalue weighted by atomic mass is 9.92. The molecule has 0 bridgehead atoms. The van der Waals surface area contributed by atoms with E-state index in [0.717, 1.165) is 56.6 Å². The number of fused-ring (bicyclic) bond motifs is 1. The van der Waals surface area contributed by atoms with Crippen molar-refractivity contribution in [2.24, 2.45) is 5.92 Å². The number of hydrogen-bond acceptors (Lipinski definition) is 5. The molecule has 6 nitrogen and oxygen atoms in total. The number of piperidine rings is 1. The van der Waals surface area contributed by atoms with Gasteiger partial charge in [-0.25, -0.2) is 0 Å². The molecule has 0 aliphatic carbocycles. The number of hydrogen-bond donors (Lipinski definition) is 3. The largest absolute Gasteiger partial charge is 0.396 e. The monoisotopic (exact) mass is 265 g/mol. The number of H-pyrrole nitrogens is 1. The summed E-state index contributed by atoms with van der Waals surface area (Å²) in [6, 6.07) is 0.565. The van der Waals surface area contributed by atoms with E-state index < -0.39 is 0 Å². The highest BCUT2D eigenvalue weighted by Crippen LogP contribution is 2.28. The van der Waals surface area contributed by atoms with Crippen LogP contribution in [0, 0.1) is 5.92 Å². The summed E-state index contributed by atoms with van der Waals surface area (Å²) in [6.45, 7) is 3.51. The summed E-state index contributed by atoms with van der Waals surface area (Å²) in [6.07, 6.45) is 5.21. The molecule has 1 aromatic heterocycles. The summed E-state index contributed by atoms with van der Waals surface area (Å²) in [7, 11) is 0. The number of nitrogens with zero attached hydrogens (tertiary/aromatic N) is 3. The van der Waals surface area contributed by atoms with Crippen molar-refractivity contribution >= 4 is 5.95 Å². The summed E-state index contributed by atoms with van der Waals surface area (Å²) in [5, 5.41) is 19.7. The van der Waals surface area contributed by atoms with Crippen LogP contribution >= 0.6 is 0 Å². The molecule has 2 aliphatic rings. The Bertz CT molecular complexity index is 407. The number of aliphatic hydroxyl groups excluding tert-OH is 1. The van der Waals surface area contributed by atoms with E-state index in [1.807, 2.05) is 0 Å². The van der Waals surface area contributed by atoms with Crippen molar-refractivity contribution in [1.29, 1.82) is 0 Å². The van der Waals surface area contributed by atoms with Crippen LogP contribution in [-0.2, 0) is 6.42 Å². The topological polar surface area (TPSA) is 77.1 Å². The number of aliphatic hydroxyl groups is 1. The standard InChI is InChI=1S/C13H23N5O/c19-7-2-1-5-12-15-13(17-16-12)18-6-3-4-10-8-14-9-11(10)18/h10-11,14,19H,1-9H2,(H,15,16,17). The second-order valence-corrected chi connectivity index (χ2v) is 5.58. The van der Waals surface area contributed by atoms with Crippen LogP contribution in [0.3, 0.4) is 0 Å². The summed E-state index contributed by atoms with van der Waals surface area (Å²) in [5.41, 5.74) is 0. The lowest BCUT2D eigenvalue weighted by molar-refractivity contribution is 0.284. The lowest BCUT2D eigenvalue weighted by Gasteiger charge is -2.36. The van der Waals surface area contributed by atoms with Crippen LogP contribution in [0.15, 0.2) is 0 Å². The Morgan fingerprint density at radius 3 is 3.16 bits per heavy atom. The molecule has 2 saturated heterocycles. The first-order valence-electron chi connectivity index (χ1n) is 7.38. The summed E-state index contributed by atoms with van der Waals surface area (Å²) < 4.78 is 0. The van der Waals surface area contributed by atoms with E-state index in [2.05, 4.69) is 25.4 Å². The van der Waals surface area contributed by atoms with Gasteiger partial charge in [0.2, 0.25) is 5.95 Å². The zero-order valence-electron chi connectivity index (χ0n) is 11.3. The molecule has 0 spiro atoms. The first-order valence-corrected chi connectivity index (χ1v) is 7.38. The molecule has 6 heteroatoms. The predicted octanol–water partition coefficient (Wildman–Crippen LogP) is 0.308. The van der Waals surface area contributed by atoms with Gasteiger partial charge in [0.25, 0.3) is 0 Å². The molecule has 3 N–H and O–H groups in total. The second kappa shape index (κ2) is 5.88. The fourth-order valence-corrected chi connectivity index (χ4v) is 3.25. The number of anilines is 1. The van der Waals surface area contributed by atoms with Gasteiger partial charge in [-0.15, -0.1) is 5.10 Å². The highest BCUT2D eigenvalue weighted by atomic mass is 16.2. The van der Waals surface area contributed by atoms with Crippen molar-refractivity contribution < 1.29 is 5.11 Å². The molecule has 2 atom stereocenters. The van der Waals surface area contributed by atoms with Crippen LogP contribution in [0.25, 0.3) is 0 Å². The molecule has 0 radical (unpaired) electrons. The average molecular weight is 265 g/mol. The Morgan fingerprint density at radius 1 is 1.32 bits per heavy atom. The highest BCUT2D eigenvalue weighted by molar-refractivity contribution is 5.33. The smallest absolute Gasteiger partial charge is 0.245 e. The second-order valence-electron chi connectivity index (χ2n) is 5.58. The molecule has 2 aliphatic heterocycles. The van der Waals surface area contributed by atoms with Gasteiger partial charge in [-0.1, -0.05) is 0 Å². The first-order chi connectivity index (χ1) is 9.38. The van der Waals surface area contributed by atoms with Crippen molar-refractivity contribution in [3.63, 3.8) is 0 Å². The van der Waals surface area contributed by atoms with Crippen molar-refractivity contribution in [2.75, 3.05) is 31.1 Å². The molecule has 2 unspecified atom stereocenters. The molecule has 3 rings (SSSR count). The molecular formula is C13H23N5O. The van der Waals surface area contributed by atoms with Crippen LogP contribution in [-0.4, -0.2) is 52.6 Å². The van der Waals surface area contributed by atoms with Crippen LogP contribution in [0.4, 0.5) is 5.95 Å². The van der Waals surface area contributed by atoms with Gasteiger partial charge in [0.05, 0.1) is 0 Å². The van der Waals surface area contributed by atoms with E-state index >= 15 is 0 Å². The van der Waals surface area contributed by atoms with E-state index in [9.17, 15) is 0 Å². The maximum Gasteiger partial charge on any atom is 0.245 e. The van der Waals surface area contributed by atoms with Gasteiger partial charge in [-0.2, -0.15) is 4.98 Å². The normalized spacial score (nSPS) is 26.7. The van der Waals surface area contributed by atoms with Gasteiger partial charge in [0.15, 0.2) is 0 Å². The van der Waals surface area contributed by atoms with Crippen molar-refractivity contribution in [2.45, 2.75) is 38.1 Å². The van der Waals surface area contributed by atoms with E-state index in [0.29, 0.717) is 6.04 Å². The van der Waals surface area contributed by atoms with Gasteiger partial charge in [-0.3, -0.25) is 5.10 Å². The number of aromatic nitrogens is 3. The number of aromatic amines is 1. The Morgan fingerprint density at radius 2 is 2.26 bits per heavy atom. The fraction of sp³-hybridized carbons (Fsp3) is 0.846. The van der Waals surface area contributed by atoms with Crippen molar-refractivity contribution in [1.82, 2.24) is 20.5 Å². The predicted molar refractivity (Wildman–Crippen MR) is 73.1 cm³/mol. The molecule has 19 heavy (non-hydrogen) atoms. The van der Waals surface area contributed by atoms with Gasteiger partial charge < -0.3 is 15.3 Å². The Hall–Kier alpha value is -1.14. The molecule has 1 aromatic rings. The Kier molecular flexibility index (Phi) is 3.98. The van der Waals surface area contributed by atoms with E-state index in [1.165, 1.54) is 12.8 Å². The minimum Gasteiger partial charge on any atom is -0.396 e. The van der Waals surface area contributed by atoms with E-state index in [4.69, 9.17) is 5.11 Å². The summed E-state index contributed by atoms with van der Waals surface area (Å²) >= 11 is 0. The highest BCUT2D eigenvalue weighted by Gasteiger charge is 2.36. The van der Waals surface area contributed by atoms with Gasteiger partial charge in [0.1, 0.15) is 5.82 Å². The number of unbranched alkanes of at least 4 members (excludes halogenated alkanes) is 1. The Balaban J connectivity index is 1.64. The summed E-state index contributed by atoms with van der Waals surface area (Å²) in [4.78, 5) is 6.98. The molecule has 0 saturated carbocycles. The van der Waals surface area contributed by atoms with Crippen LogP contribution in [0.1, 0.15) is 31.5 Å². The van der Waals surface area contributed by atoms with Crippen molar-refractivity contribution in [3.8, 4) is 0 Å². The molecule has 2 fully saturated rings. The van der Waals surface area contributed by atoms with E-state index in [1.54, 1.807) is 0 Å². The molecule has 3 heterocycles. The summed E-state index contributed by atoms with van der Waals surface area (Å²) in [5.74, 6) is 2.55. The number of rotatable bonds is 5. The van der Waals surface area contributed by atoms with Gasteiger partial charge in [0, 0.05) is 38.7 Å². The third-order valence-corrected chi connectivity index (χ3v) is 4.28. The third kappa shape index (κ3) is 2.74. The first kappa shape index (κ1) is 12.9.